The van der Waals surface area contributed by atoms with Gasteiger partial charge in [-0.2, -0.15) is 4.31 Å². The molecule has 1 saturated heterocycles. The van der Waals surface area contributed by atoms with E-state index >= 15 is 0 Å². The molecule has 0 N–H and O–H groups in total. The van der Waals surface area contributed by atoms with Crippen molar-refractivity contribution in [2.45, 2.75) is 31.3 Å². The summed E-state index contributed by atoms with van der Waals surface area (Å²) in [7, 11) is -3.64. The van der Waals surface area contributed by atoms with Crippen molar-refractivity contribution in [1.82, 2.24) is 9.46 Å². The summed E-state index contributed by atoms with van der Waals surface area (Å²) in [4.78, 5) is 12.3. The normalized spacial score (nSPS) is 15.9. The van der Waals surface area contributed by atoms with Crippen molar-refractivity contribution in [3.05, 3.63) is 33.8 Å². The van der Waals surface area contributed by atoms with Gasteiger partial charge < -0.3 is 9.26 Å². The Labute approximate surface area is 137 Å². The fraction of sp³-hybridized carbons (Fsp3) is 0.429. The molecule has 0 radical (unpaired) electrons. The number of rotatable bonds is 5. The number of carbonyl (C=O) groups is 1. The summed E-state index contributed by atoms with van der Waals surface area (Å²) in [5.74, 6) is -0.261. The van der Waals surface area contributed by atoms with Crippen LogP contribution >= 0.6 is 11.3 Å². The van der Waals surface area contributed by atoms with E-state index in [0.717, 1.165) is 24.2 Å². The number of carbonyl (C=O) groups excluding carboxylic acids is 1. The second-order valence-corrected chi connectivity index (χ2v) is 8.06. The molecule has 124 valence electrons. The average molecular weight is 356 g/mol. The summed E-state index contributed by atoms with van der Waals surface area (Å²) in [6.07, 6.45) is 1.68. The molecule has 9 heteroatoms. The van der Waals surface area contributed by atoms with Crippen LogP contribution < -0.4 is 0 Å². The monoisotopic (exact) mass is 356 g/mol. The van der Waals surface area contributed by atoms with Gasteiger partial charge in [0.1, 0.15) is 9.77 Å². The summed E-state index contributed by atoms with van der Waals surface area (Å²) in [5.41, 5.74) is 0.685. The van der Waals surface area contributed by atoms with E-state index in [1.165, 1.54) is 10.4 Å². The Balaban J connectivity index is 1.76. The van der Waals surface area contributed by atoms with Gasteiger partial charge in [0.05, 0.1) is 5.69 Å². The maximum Gasteiger partial charge on any atom is 0.350 e. The summed E-state index contributed by atoms with van der Waals surface area (Å²) in [6.45, 7) is 2.66. The average Bonchev–Trinajstić information content (AvgIpc) is 3.25. The lowest BCUT2D eigenvalue weighted by Gasteiger charge is -2.15. The van der Waals surface area contributed by atoms with Crippen molar-refractivity contribution < 1.29 is 22.5 Å². The second kappa shape index (κ2) is 6.42. The van der Waals surface area contributed by atoms with Gasteiger partial charge in [0, 0.05) is 19.2 Å². The van der Waals surface area contributed by atoms with Crippen LogP contribution in [0.4, 0.5) is 0 Å². The van der Waals surface area contributed by atoms with E-state index < -0.39 is 16.0 Å². The minimum absolute atomic E-state index is 0.0168. The molecule has 1 aliphatic heterocycles. The van der Waals surface area contributed by atoms with Gasteiger partial charge in [-0.15, -0.1) is 11.3 Å². The molecule has 0 spiro atoms. The molecular weight excluding hydrogens is 340 g/mol. The molecule has 0 amide bonds. The van der Waals surface area contributed by atoms with Crippen LogP contribution in [0.1, 0.15) is 34.0 Å². The van der Waals surface area contributed by atoms with Crippen molar-refractivity contribution in [1.29, 1.82) is 0 Å². The van der Waals surface area contributed by atoms with E-state index in [2.05, 4.69) is 5.16 Å². The SMILES string of the molecule is Cc1cc(COC(=O)c2sccc2S(=O)(=O)N2CCCC2)on1. The molecule has 2 aromatic heterocycles. The molecule has 1 aliphatic rings. The Bertz CT molecular complexity index is 803. The maximum atomic E-state index is 12.6. The highest BCUT2D eigenvalue weighted by Gasteiger charge is 2.32. The van der Waals surface area contributed by atoms with Crippen LogP contribution in [-0.4, -0.2) is 36.9 Å². The number of ether oxygens (including phenoxy) is 1. The number of thiophene rings is 1. The number of nitrogens with zero attached hydrogens (tertiary/aromatic N) is 2. The van der Waals surface area contributed by atoms with E-state index in [-0.39, 0.29) is 16.4 Å². The van der Waals surface area contributed by atoms with Gasteiger partial charge in [-0.25, -0.2) is 13.2 Å². The third-order valence-corrected chi connectivity index (χ3v) is 6.48. The minimum Gasteiger partial charge on any atom is -0.453 e. The van der Waals surface area contributed by atoms with E-state index in [1.807, 2.05) is 0 Å². The summed E-state index contributed by atoms with van der Waals surface area (Å²) in [5, 5.41) is 5.28. The van der Waals surface area contributed by atoms with Gasteiger partial charge in [0.15, 0.2) is 12.4 Å². The van der Waals surface area contributed by atoms with Crippen molar-refractivity contribution >= 4 is 27.3 Å². The summed E-state index contributed by atoms with van der Waals surface area (Å²) >= 11 is 1.06. The Morgan fingerprint density at radius 3 is 2.83 bits per heavy atom. The largest absolute Gasteiger partial charge is 0.453 e. The number of aromatic nitrogens is 1. The van der Waals surface area contributed by atoms with Crippen LogP contribution in [0.5, 0.6) is 0 Å². The topological polar surface area (TPSA) is 89.7 Å². The molecule has 0 unspecified atom stereocenters. The zero-order chi connectivity index (χ0) is 16.4. The van der Waals surface area contributed by atoms with Gasteiger partial charge in [-0.1, -0.05) is 5.16 Å². The Morgan fingerprint density at radius 1 is 1.43 bits per heavy atom. The molecule has 0 bridgehead atoms. The van der Waals surface area contributed by atoms with Crippen LogP contribution in [0.2, 0.25) is 0 Å². The van der Waals surface area contributed by atoms with Crippen LogP contribution in [-0.2, 0) is 21.4 Å². The van der Waals surface area contributed by atoms with E-state index in [4.69, 9.17) is 9.26 Å². The highest BCUT2D eigenvalue weighted by molar-refractivity contribution is 7.89. The van der Waals surface area contributed by atoms with Gasteiger partial charge in [0.2, 0.25) is 10.0 Å². The molecule has 1 fully saturated rings. The lowest BCUT2D eigenvalue weighted by atomic mass is 10.4. The first-order chi connectivity index (χ1) is 11.0. The van der Waals surface area contributed by atoms with E-state index in [1.54, 1.807) is 18.4 Å². The fourth-order valence-corrected chi connectivity index (χ4v) is 5.20. The van der Waals surface area contributed by atoms with Crippen molar-refractivity contribution in [3.8, 4) is 0 Å². The molecule has 0 aliphatic carbocycles. The fourth-order valence-electron chi connectivity index (χ4n) is 2.40. The predicted molar refractivity (Wildman–Crippen MR) is 82.7 cm³/mol. The van der Waals surface area contributed by atoms with Gasteiger partial charge in [0.25, 0.3) is 0 Å². The number of aryl methyl sites for hydroxylation is 1. The summed E-state index contributed by atoms with van der Waals surface area (Å²) < 4.78 is 36.7. The number of hydrogen-bond donors (Lipinski definition) is 0. The van der Waals surface area contributed by atoms with Crippen LogP contribution in [0.25, 0.3) is 0 Å². The number of esters is 1. The zero-order valence-corrected chi connectivity index (χ0v) is 14.2. The molecule has 0 aromatic carbocycles. The van der Waals surface area contributed by atoms with Gasteiger partial charge >= 0.3 is 5.97 Å². The standard InChI is InChI=1S/C14H16N2O5S2/c1-10-8-11(21-15-10)9-20-14(17)13-12(4-7-22-13)23(18,19)16-5-2-3-6-16/h4,7-8H,2-3,5-6,9H2,1H3. The van der Waals surface area contributed by atoms with Crippen LogP contribution in [0.15, 0.2) is 26.9 Å². The molecule has 0 saturated carbocycles. The predicted octanol–water partition coefficient (Wildman–Crippen LogP) is 2.19. The second-order valence-electron chi connectivity index (χ2n) is 5.24. The minimum atomic E-state index is -3.64. The molecule has 3 rings (SSSR count). The molecule has 3 heterocycles. The van der Waals surface area contributed by atoms with E-state index in [0.29, 0.717) is 24.5 Å². The highest BCUT2D eigenvalue weighted by Crippen LogP contribution is 2.28. The van der Waals surface area contributed by atoms with Crippen LogP contribution in [0, 0.1) is 6.92 Å². The van der Waals surface area contributed by atoms with Crippen molar-refractivity contribution in [3.63, 3.8) is 0 Å². The van der Waals surface area contributed by atoms with Crippen molar-refractivity contribution in [2.24, 2.45) is 0 Å². The Hall–Kier alpha value is -1.71. The zero-order valence-electron chi connectivity index (χ0n) is 12.5. The third kappa shape index (κ3) is 3.31. The highest BCUT2D eigenvalue weighted by atomic mass is 32.2. The molecule has 2 aromatic rings. The van der Waals surface area contributed by atoms with E-state index in [9.17, 15) is 13.2 Å². The smallest absolute Gasteiger partial charge is 0.350 e. The third-order valence-electron chi connectivity index (χ3n) is 3.52. The number of sulfonamides is 1. The quantitative estimate of drug-likeness (QED) is 0.763. The van der Waals surface area contributed by atoms with Crippen molar-refractivity contribution in [2.75, 3.05) is 13.1 Å². The van der Waals surface area contributed by atoms with Gasteiger partial charge in [-0.3, -0.25) is 0 Å². The summed E-state index contributed by atoms with van der Waals surface area (Å²) in [6, 6.07) is 3.11. The maximum absolute atomic E-state index is 12.6. The molecule has 23 heavy (non-hydrogen) atoms. The Morgan fingerprint density at radius 2 is 2.17 bits per heavy atom. The van der Waals surface area contributed by atoms with Gasteiger partial charge in [-0.05, 0) is 31.2 Å². The Kier molecular flexibility index (Phi) is 4.51. The number of hydrogen-bond acceptors (Lipinski definition) is 7. The molecular formula is C14H16N2O5S2. The molecule has 7 nitrogen and oxygen atoms in total. The first-order valence-electron chi connectivity index (χ1n) is 7.15. The first kappa shape index (κ1) is 16.2. The lowest BCUT2D eigenvalue weighted by molar-refractivity contribution is 0.0439. The molecule has 0 atom stereocenters. The lowest BCUT2D eigenvalue weighted by Crippen LogP contribution is -2.28. The first-order valence-corrected chi connectivity index (χ1v) is 9.47. The van der Waals surface area contributed by atoms with Crippen LogP contribution in [0.3, 0.4) is 0 Å².